The number of morpholine rings is 1. The molecule has 0 saturated carbocycles. The molecule has 1 unspecified atom stereocenters. The molecule has 1 aromatic heterocycles. The molecule has 0 spiro atoms. The molecule has 1 saturated heterocycles. The summed E-state index contributed by atoms with van der Waals surface area (Å²) in [4.78, 5) is 16.1. The van der Waals surface area contributed by atoms with E-state index in [1.807, 2.05) is 0 Å². The molecular weight excluding hydrogens is 401 g/mol. The van der Waals surface area contributed by atoms with Crippen LogP contribution in [-0.2, 0) is 9.53 Å². The molecule has 6 nitrogen and oxygen atoms in total. The number of halogens is 3. The minimum atomic E-state index is -0.0500. The highest BCUT2D eigenvalue weighted by molar-refractivity contribution is 6.30. The smallest absolute Gasteiger partial charge is 0.226 e. The van der Waals surface area contributed by atoms with Gasteiger partial charge in [0.05, 0.1) is 18.2 Å². The summed E-state index contributed by atoms with van der Waals surface area (Å²) in [5.41, 5.74) is 0.716. The Bertz CT molecular complexity index is 678. The van der Waals surface area contributed by atoms with E-state index in [9.17, 15) is 4.79 Å². The Morgan fingerprint density at radius 1 is 1.27 bits per heavy atom. The highest BCUT2D eigenvalue weighted by Gasteiger charge is 2.16. The van der Waals surface area contributed by atoms with Gasteiger partial charge >= 0.3 is 0 Å². The number of pyridine rings is 1. The first-order valence-corrected chi connectivity index (χ1v) is 8.07. The summed E-state index contributed by atoms with van der Waals surface area (Å²) in [6.07, 6.45) is 1.90. The first kappa shape index (κ1) is 22.5. The van der Waals surface area contributed by atoms with Crippen molar-refractivity contribution in [2.24, 2.45) is 0 Å². The van der Waals surface area contributed by atoms with Crippen LogP contribution in [0, 0.1) is 0 Å². The van der Waals surface area contributed by atoms with Crippen LogP contribution in [0.15, 0.2) is 42.6 Å². The van der Waals surface area contributed by atoms with Crippen LogP contribution in [0.1, 0.15) is 6.42 Å². The molecule has 1 aromatic carbocycles. The van der Waals surface area contributed by atoms with Crippen molar-refractivity contribution in [3.8, 4) is 11.6 Å². The quantitative estimate of drug-likeness (QED) is 0.772. The molecular formula is C17H20Cl3N3O3. The largest absolute Gasteiger partial charge is 0.439 e. The van der Waals surface area contributed by atoms with Crippen LogP contribution >= 0.6 is 36.4 Å². The second kappa shape index (κ2) is 11.2. The molecule has 2 aromatic rings. The molecule has 0 aliphatic carbocycles. The first-order valence-electron chi connectivity index (χ1n) is 7.69. The van der Waals surface area contributed by atoms with Crippen LogP contribution in [0.3, 0.4) is 0 Å². The Morgan fingerprint density at radius 3 is 2.65 bits per heavy atom. The number of amides is 1. The molecule has 1 aliphatic heterocycles. The maximum atomic E-state index is 12.0. The Morgan fingerprint density at radius 2 is 2.04 bits per heavy atom. The van der Waals surface area contributed by atoms with Gasteiger partial charge in [-0.05, 0) is 30.3 Å². The molecule has 1 aliphatic rings. The first-order chi connectivity index (χ1) is 11.7. The molecule has 0 radical (unpaired) electrons. The van der Waals surface area contributed by atoms with E-state index in [1.165, 1.54) is 6.20 Å². The SMILES string of the molecule is Cl.Cl.O=C(CC1COCCN1)Nc1ccc(Oc2ccc(Cl)cn2)cc1. The number of nitrogens with zero attached hydrogens (tertiary/aromatic N) is 1. The standard InChI is InChI=1S/C17H18ClN3O3.2ClH/c18-12-1-6-17(20-10-12)24-15-4-2-13(3-5-15)21-16(22)9-14-11-23-8-7-19-14;;/h1-6,10,14,19H,7-9,11H2,(H,21,22);2*1H. The summed E-state index contributed by atoms with van der Waals surface area (Å²) in [5.74, 6) is 1.04. The van der Waals surface area contributed by atoms with E-state index >= 15 is 0 Å². The highest BCUT2D eigenvalue weighted by Crippen LogP contribution is 2.22. The van der Waals surface area contributed by atoms with E-state index in [0.29, 0.717) is 42.0 Å². The molecule has 26 heavy (non-hydrogen) atoms. The van der Waals surface area contributed by atoms with Gasteiger partial charge in [0.1, 0.15) is 5.75 Å². The van der Waals surface area contributed by atoms with Gasteiger partial charge in [-0.3, -0.25) is 4.79 Å². The van der Waals surface area contributed by atoms with Crippen LogP contribution < -0.4 is 15.4 Å². The Labute approximate surface area is 169 Å². The number of rotatable bonds is 5. The van der Waals surface area contributed by atoms with Crippen molar-refractivity contribution in [3.05, 3.63) is 47.6 Å². The predicted molar refractivity (Wildman–Crippen MR) is 106 cm³/mol. The van der Waals surface area contributed by atoms with Crippen molar-refractivity contribution in [1.29, 1.82) is 0 Å². The molecule has 1 atom stereocenters. The van der Waals surface area contributed by atoms with E-state index in [1.54, 1.807) is 36.4 Å². The van der Waals surface area contributed by atoms with Gasteiger partial charge in [0.2, 0.25) is 11.8 Å². The summed E-state index contributed by atoms with van der Waals surface area (Å²) < 4.78 is 10.9. The number of nitrogens with one attached hydrogen (secondary N) is 2. The van der Waals surface area contributed by atoms with Crippen LogP contribution in [0.25, 0.3) is 0 Å². The maximum Gasteiger partial charge on any atom is 0.226 e. The fourth-order valence-electron chi connectivity index (χ4n) is 2.34. The normalized spacial score (nSPS) is 16.0. The minimum absolute atomic E-state index is 0. The second-order valence-corrected chi connectivity index (χ2v) is 5.86. The van der Waals surface area contributed by atoms with Gasteiger partial charge in [0, 0.05) is 37.0 Å². The van der Waals surface area contributed by atoms with E-state index in [4.69, 9.17) is 21.1 Å². The Hall–Kier alpha value is -1.57. The summed E-state index contributed by atoms with van der Waals surface area (Å²) in [5, 5.41) is 6.67. The lowest BCUT2D eigenvalue weighted by Crippen LogP contribution is -2.43. The summed E-state index contributed by atoms with van der Waals surface area (Å²) in [6.45, 7) is 2.04. The lowest BCUT2D eigenvalue weighted by Gasteiger charge is -2.23. The number of hydrogen-bond acceptors (Lipinski definition) is 5. The summed E-state index contributed by atoms with van der Waals surface area (Å²) in [7, 11) is 0. The van der Waals surface area contributed by atoms with Gasteiger partial charge in [-0.1, -0.05) is 11.6 Å². The lowest BCUT2D eigenvalue weighted by molar-refractivity contribution is -0.117. The molecule has 142 valence electrons. The second-order valence-electron chi connectivity index (χ2n) is 5.42. The monoisotopic (exact) mass is 419 g/mol. The average molecular weight is 421 g/mol. The maximum absolute atomic E-state index is 12.0. The molecule has 1 amide bonds. The van der Waals surface area contributed by atoms with Gasteiger partial charge in [-0.15, -0.1) is 24.8 Å². The Balaban J connectivity index is 0.00000169. The summed E-state index contributed by atoms with van der Waals surface area (Å²) >= 11 is 5.78. The van der Waals surface area contributed by atoms with Crippen molar-refractivity contribution in [3.63, 3.8) is 0 Å². The highest BCUT2D eigenvalue weighted by atomic mass is 35.5. The van der Waals surface area contributed by atoms with Crippen molar-refractivity contribution in [2.45, 2.75) is 12.5 Å². The molecule has 2 N–H and O–H groups in total. The molecule has 0 bridgehead atoms. The zero-order chi connectivity index (χ0) is 16.8. The third-order valence-corrected chi connectivity index (χ3v) is 3.71. The van der Waals surface area contributed by atoms with Crippen molar-refractivity contribution >= 4 is 48.0 Å². The topological polar surface area (TPSA) is 72.5 Å². The third kappa shape index (κ3) is 6.97. The van der Waals surface area contributed by atoms with Gasteiger partial charge < -0.3 is 20.1 Å². The Kier molecular flexibility index (Phi) is 9.69. The number of carbonyl (C=O) groups excluding carboxylic acids is 1. The van der Waals surface area contributed by atoms with Crippen LogP contribution in [-0.4, -0.2) is 36.7 Å². The number of anilines is 1. The fourth-order valence-corrected chi connectivity index (χ4v) is 2.45. The van der Waals surface area contributed by atoms with Crippen molar-refractivity contribution in [2.75, 3.05) is 25.1 Å². The van der Waals surface area contributed by atoms with E-state index in [2.05, 4.69) is 15.6 Å². The molecule has 3 rings (SSSR count). The summed E-state index contributed by atoms with van der Waals surface area (Å²) in [6, 6.07) is 10.6. The number of hydrogen-bond donors (Lipinski definition) is 2. The zero-order valence-corrected chi connectivity index (χ0v) is 16.2. The number of aromatic nitrogens is 1. The van der Waals surface area contributed by atoms with E-state index in [0.717, 1.165) is 6.54 Å². The van der Waals surface area contributed by atoms with Gasteiger partial charge in [-0.25, -0.2) is 4.98 Å². The lowest BCUT2D eigenvalue weighted by atomic mass is 10.2. The number of carbonyl (C=O) groups is 1. The van der Waals surface area contributed by atoms with Crippen molar-refractivity contribution in [1.82, 2.24) is 10.3 Å². The van der Waals surface area contributed by atoms with Gasteiger partial charge in [0.15, 0.2) is 0 Å². The molecule has 1 fully saturated rings. The fraction of sp³-hybridized carbons (Fsp3) is 0.294. The predicted octanol–water partition coefficient (Wildman–Crippen LogP) is 3.69. The van der Waals surface area contributed by atoms with E-state index < -0.39 is 0 Å². The molecule has 9 heteroatoms. The van der Waals surface area contributed by atoms with Gasteiger partial charge in [-0.2, -0.15) is 0 Å². The van der Waals surface area contributed by atoms with E-state index in [-0.39, 0.29) is 36.8 Å². The zero-order valence-electron chi connectivity index (χ0n) is 13.8. The molecule has 2 heterocycles. The number of benzene rings is 1. The average Bonchev–Trinajstić information content (AvgIpc) is 2.59. The van der Waals surface area contributed by atoms with Crippen LogP contribution in [0.5, 0.6) is 11.6 Å². The third-order valence-electron chi connectivity index (χ3n) is 3.49. The van der Waals surface area contributed by atoms with Crippen LogP contribution in [0.4, 0.5) is 5.69 Å². The minimum Gasteiger partial charge on any atom is -0.439 e. The van der Waals surface area contributed by atoms with Gasteiger partial charge in [0.25, 0.3) is 0 Å². The number of ether oxygens (including phenoxy) is 2. The van der Waals surface area contributed by atoms with Crippen molar-refractivity contribution < 1.29 is 14.3 Å². The van der Waals surface area contributed by atoms with Crippen LogP contribution in [0.2, 0.25) is 5.02 Å².